The van der Waals surface area contributed by atoms with Crippen LogP contribution in [0.1, 0.15) is 0 Å². The van der Waals surface area contributed by atoms with E-state index < -0.39 is 6.10 Å². The lowest BCUT2D eigenvalue weighted by atomic mass is 10.2. The normalized spacial score (nSPS) is 17.4. The van der Waals surface area contributed by atoms with Gasteiger partial charge < -0.3 is 15.4 Å². The molecule has 1 heterocycles. The van der Waals surface area contributed by atoms with E-state index in [1.807, 2.05) is 0 Å². The summed E-state index contributed by atoms with van der Waals surface area (Å²) < 4.78 is 5.58. The summed E-state index contributed by atoms with van der Waals surface area (Å²) in [5, 5.41) is 6.44. The van der Waals surface area contributed by atoms with E-state index in [9.17, 15) is 4.79 Å². The third-order valence-electron chi connectivity index (χ3n) is 2.40. The molecule has 2 N–H and O–H groups in total. The first-order chi connectivity index (χ1) is 8.20. The molecule has 0 spiro atoms. The van der Waals surface area contributed by atoms with Crippen molar-refractivity contribution in [3.05, 3.63) is 35.9 Å². The van der Waals surface area contributed by atoms with E-state index in [0.29, 0.717) is 23.9 Å². The van der Waals surface area contributed by atoms with E-state index in [1.165, 1.54) is 0 Å². The number of ether oxygens (including phenoxy) is 1. The fourth-order valence-electron chi connectivity index (χ4n) is 1.57. The molecular formula is C12H13ClN2O2. The monoisotopic (exact) mass is 252 g/mol. The maximum Gasteiger partial charge on any atom is 0.263 e. The van der Waals surface area contributed by atoms with Gasteiger partial charge in [-0.2, -0.15) is 0 Å². The van der Waals surface area contributed by atoms with Crippen molar-refractivity contribution in [2.75, 3.05) is 18.4 Å². The Morgan fingerprint density at radius 3 is 3.29 bits per heavy atom. The maximum atomic E-state index is 11.7. The van der Waals surface area contributed by atoms with Crippen LogP contribution in [0.4, 0.5) is 5.69 Å². The van der Waals surface area contributed by atoms with E-state index in [4.69, 9.17) is 16.3 Å². The lowest BCUT2D eigenvalue weighted by Crippen LogP contribution is -2.44. The molecule has 4 nitrogen and oxygen atoms in total. The third-order valence-corrected chi connectivity index (χ3v) is 2.64. The third kappa shape index (κ3) is 2.71. The van der Waals surface area contributed by atoms with E-state index in [-0.39, 0.29) is 5.91 Å². The molecular weight excluding hydrogens is 240 g/mol. The van der Waals surface area contributed by atoms with Crippen LogP contribution in [-0.4, -0.2) is 25.1 Å². The molecule has 1 atom stereocenters. The van der Waals surface area contributed by atoms with Gasteiger partial charge in [-0.15, -0.1) is 6.58 Å². The topological polar surface area (TPSA) is 50.4 Å². The van der Waals surface area contributed by atoms with Gasteiger partial charge >= 0.3 is 0 Å². The van der Waals surface area contributed by atoms with Gasteiger partial charge in [-0.05, 0) is 18.2 Å². The number of hydrogen-bond donors (Lipinski definition) is 2. The van der Waals surface area contributed by atoms with Crippen LogP contribution in [0.3, 0.4) is 0 Å². The van der Waals surface area contributed by atoms with Gasteiger partial charge in [0.2, 0.25) is 0 Å². The molecule has 1 aromatic rings. The SMILES string of the molecule is C=CCNC(=O)C1CNc2cc(Cl)ccc2O1. The Bertz CT molecular complexity index is 448. The minimum absolute atomic E-state index is 0.155. The number of halogens is 1. The Morgan fingerprint density at radius 2 is 2.53 bits per heavy atom. The highest BCUT2D eigenvalue weighted by Crippen LogP contribution is 2.31. The minimum atomic E-state index is -0.524. The minimum Gasteiger partial charge on any atom is -0.477 e. The van der Waals surface area contributed by atoms with Gasteiger partial charge in [-0.1, -0.05) is 17.7 Å². The molecule has 0 saturated carbocycles. The first-order valence-electron chi connectivity index (χ1n) is 5.29. The molecule has 1 aliphatic rings. The van der Waals surface area contributed by atoms with Crippen molar-refractivity contribution < 1.29 is 9.53 Å². The van der Waals surface area contributed by atoms with Crippen molar-refractivity contribution in [2.24, 2.45) is 0 Å². The van der Waals surface area contributed by atoms with Gasteiger partial charge in [0.05, 0.1) is 12.2 Å². The van der Waals surface area contributed by atoms with Gasteiger partial charge in [0.25, 0.3) is 5.91 Å². The number of benzene rings is 1. The second-order valence-corrected chi connectivity index (χ2v) is 4.10. The van der Waals surface area contributed by atoms with Crippen LogP contribution >= 0.6 is 11.6 Å². The van der Waals surface area contributed by atoms with Crippen molar-refractivity contribution in [1.82, 2.24) is 5.32 Å². The molecule has 0 bridgehead atoms. The predicted octanol–water partition coefficient (Wildman–Crippen LogP) is 1.82. The molecule has 5 heteroatoms. The van der Waals surface area contributed by atoms with Gasteiger partial charge in [-0.3, -0.25) is 4.79 Å². The summed E-state index contributed by atoms with van der Waals surface area (Å²) in [7, 11) is 0. The summed E-state index contributed by atoms with van der Waals surface area (Å²) in [4.78, 5) is 11.7. The van der Waals surface area contributed by atoms with Crippen LogP contribution in [0.2, 0.25) is 5.02 Å². The first-order valence-corrected chi connectivity index (χ1v) is 5.67. The fraction of sp³-hybridized carbons (Fsp3) is 0.250. The summed E-state index contributed by atoms with van der Waals surface area (Å²) >= 11 is 5.86. The van der Waals surface area contributed by atoms with Crippen molar-refractivity contribution in [1.29, 1.82) is 0 Å². The second kappa shape index (κ2) is 5.10. The Kier molecular flexibility index (Phi) is 3.54. The van der Waals surface area contributed by atoms with Gasteiger partial charge in [0, 0.05) is 11.6 Å². The van der Waals surface area contributed by atoms with Gasteiger partial charge in [-0.25, -0.2) is 0 Å². The number of anilines is 1. The molecule has 1 amide bonds. The molecule has 0 aromatic heterocycles. The van der Waals surface area contributed by atoms with Crippen LogP contribution in [0.5, 0.6) is 5.75 Å². The average Bonchev–Trinajstić information content (AvgIpc) is 2.35. The van der Waals surface area contributed by atoms with Crippen molar-refractivity contribution in [3.8, 4) is 5.75 Å². The number of rotatable bonds is 3. The molecule has 0 radical (unpaired) electrons. The molecule has 1 unspecified atom stereocenters. The lowest BCUT2D eigenvalue weighted by molar-refractivity contribution is -0.127. The summed E-state index contributed by atoms with van der Waals surface area (Å²) in [6.07, 6.45) is 1.10. The second-order valence-electron chi connectivity index (χ2n) is 3.66. The molecule has 1 aromatic carbocycles. The fourth-order valence-corrected chi connectivity index (χ4v) is 1.75. The molecule has 17 heavy (non-hydrogen) atoms. The van der Waals surface area contributed by atoms with E-state index in [1.54, 1.807) is 24.3 Å². The Labute approximate surface area is 105 Å². The quantitative estimate of drug-likeness (QED) is 0.807. The van der Waals surface area contributed by atoms with Crippen molar-refractivity contribution in [2.45, 2.75) is 6.10 Å². The number of carbonyl (C=O) groups excluding carboxylic acids is 1. The highest BCUT2D eigenvalue weighted by atomic mass is 35.5. The smallest absolute Gasteiger partial charge is 0.263 e. The zero-order valence-electron chi connectivity index (χ0n) is 9.20. The molecule has 0 fully saturated rings. The standard InChI is InChI=1S/C12H13ClN2O2/c1-2-5-14-12(16)11-7-15-9-6-8(13)3-4-10(9)17-11/h2-4,6,11,15H,1,5,7H2,(H,14,16). The highest BCUT2D eigenvalue weighted by molar-refractivity contribution is 6.30. The van der Waals surface area contributed by atoms with Crippen molar-refractivity contribution >= 4 is 23.2 Å². The zero-order valence-corrected chi connectivity index (χ0v) is 9.96. The zero-order chi connectivity index (χ0) is 12.3. The van der Waals surface area contributed by atoms with Crippen LogP contribution in [-0.2, 0) is 4.79 Å². The Balaban J connectivity index is 2.05. The van der Waals surface area contributed by atoms with Crippen LogP contribution in [0.25, 0.3) is 0 Å². The van der Waals surface area contributed by atoms with Crippen LogP contribution in [0, 0.1) is 0 Å². The molecule has 0 aliphatic carbocycles. The van der Waals surface area contributed by atoms with E-state index in [2.05, 4.69) is 17.2 Å². The number of hydrogen-bond acceptors (Lipinski definition) is 3. The van der Waals surface area contributed by atoms with E-state index >= 15 is 0 Å². The Hall–Kier alpha value is -1.68. The largest absolute Gasteiger partial charge is 0.477 e. The van der Waals surface area contributed by atoms with Gasteiger partial charge in [0.1, 0.15) is 5.75 Å². The molecule has 1 aliphatic heterocycles. The number of amides is 1. The highest BCUT2D eigenvalue weighted by Gasteiger charge is 2.25. The Morgan fingerprint density at radius 1 is 1.71 bits per heavy atom. The summed E-state index contributed by atoms with van der Waals surface area (Å²) in [6, 6.07) is 5.25. The van der Waals surface area contributed by atoms with Crippen molar-refractivity contribution in [3.63, 3.8) is 0 Å². The number of carbonyl (C=O) groups is 1. The number of nitrogens with one attached hydrogen (secondary N) is 2. The molecule has 0 saturated heterocycles. The van der Waals surface area contributed by atoms with Crippen LogP contribution < -0.4 is 15.4 Å². The summed E-state index contributed by atoms with van der Waals surface area (Å²) in [5.74, 6) is 0.484. The molecule has 2 rings (SSSR count). The van der Waals surface area contributed by atoms with Gasteiger partial charge in [0.15, 0.2) is 6.10 Å². The number of fused-ring (bicyclic) bond motifs is 1. The maximum absolute atomic E-state index is 11.7. The summed E-state index contributed by atoms with van der Waals surface area (Å²) in [5.41, 5.74) is 0.810. The lowest BCUT2D eigenvalue weighted by Gasteiger charge is -2.26. The van der Waals surface area contributed by atoms with Crippen LogP contribution in [0.15, 0.2) is 30.9 Å². The molecule has 90 valence electrons. The average molecular weight is 253 g/mol. The van der Waals surface area contributed by atoms with E-state index in [0.717, 1.165) is 5.69 Å². The summed E-state index contributed by atoms with van der Waals surface area (Å²) in [6.45, 7) is 4.40. The predicted molar refractivity (Wildman–Crippen MR) is 67.6 cm³/mol. The first kappa shape index (κ1) is 11.8.